The highest BCUT2D eigenvalue weighted by Crippen LogP contribution is 2.34. The lowest BCUT2D eigenvalue weighted by atomic mass is 10.0. The third-order valence-corrected chi connectivity index (χ3v) is 10.1. The minimum absolute atomic E-state index is 0.114. The van der Waals surface area contributed by atoms with Gasteiger partial charge in [0.15, 0.2) is 5.82 Å². The number of nitrogens with zero attached hydrogens (tertiary/aromatic N) is 6. The number of hydrogen-bond donors (Lipinski definition) is 4. The summed E-state index contributed by atoms with van der Waals surface area (Å²) in [6.45, 7) is 8.70. The average molecular weight is 741 g/mol. The molecule has 2 fully saturated rings. The quantitative estimate of drug-likeness (QED) is 0.162. The largest absolute Gasteiger partial charge is 0.453 e. The smallest absolute Gasteiger partial charge is 0.407 e. The molecule has 16 heteroatoms. The molecule has 54 heavy (non-hydrogen) atoms. The Hall–Kier alpha value is -5.80. The number of hydrogen-bond acceptors (Lipinski definition) is 10. The SMILES string of the molecule is COC(=O)N[C@H](C(=O)N1CCC[C@@H]1c1ncc(-c2ccc(-c3ncc(-c4cnc([C@H]5CCCN5C(=O)[C@@H](NC(=O)OC)C(C)C)[nH]4)cn3)cc2)[nH]1)C(C)C. The van der Waals surface area contributed by atoms with Crippen molar-refractivity contribution in [3.63, 3.8) is 0 Å². The first-order valence-corrected chi connectivity index (χ1v) is 18.3. The molecule has 5 heterocycles. The summed E-state index contributed by atoms with van der Waals surface area (Å²) < 4.78 is 9.48. The van der Waals surface area contributed by atoms with E-state index in [0.29, 0.717) is 30.6 Å². The van der Waals surface area contributed by atoms with Crippen molar-refractivity contribution in [1.29, 1.82) is 0 Å². The molecule has 1 aromatic carbocycles. The van der Waals surface area contributed by atoms with Gasteiger partial charge >= 0.3 is 12.2 Å². The van der Waals surface area contributed by atoms with Crippen molar-refractivity contribution in [2.75, 3.05) is 27.3 Å². The van der Waals surface area contributed by atoms with Crippen molar-refractivity contribution in [3.8, 4) is 33.9 Å². The second-order valence-corrected chi connectivity index (χ2v) is 14.3. The second-order valence-electron chi connectivity index (χ2n) is 14.3. The van der Waals surface area contributed by atoms with Gasteiger partial charge in [-0.25, -0.2) is 29.5 Å². The molecule has 2 aliphatic rings. The van der Waals surface area contributed by atoms with Gasteiger partial charge in [-0.2, -0.15) is 0 Å². The molecule has 0 unspecified atom stereocenters. The molecule has 3 aromatic heterocycles. The Labute approximate surface area is 313 Å². The number of ether oxygens (including phenoxy) is 2. The number of aromatic amines is 2. The third-order valence-electron chi connectivity index (χ3n) is 10.1. The Bertz CT molecular complexity index is 1800. The van der Waals surface area contributed by atoms with E-state index in [4.69, 9.17) is 9.47 Å². The third kappa shape index (κ3) is 8.06. The minimum Gasteiger partial charge on any atom is -0.453 e. The van der Waals surface area contributed by atoms with E-state index in [9.17, 15) is 19.2 Å². The lowest BCUT2D eigenvalue weighted by Crippen LogP contribution is -2.51. The second kappa shape index (κ2) is 16.5. The molecule has 4 aromatic rings. The standard InChI is InChI=1S/C38H48N10O6/c1-21(2)30(45-37(51)53-5)35(49)47-15-7-9-28(47)33-41-19-26(43-33)23-11-13-24(14-12-23)32-39-17-25(18-40-32)27-20-42-34(44-27)29-10-8-16-48(29)36(50)31(22(3)4)46-38(52)54-6/h11-14,17-22,28-31H,7-10,15-16H2,1-6H3,(H,41,43)(H,42,44)(H,45,51)(H,46,52)/t28-,29-,30+,31+/m1/s1. The maximum absolute atomic E-state index is 13.5. The number of H-pyrrole nitrogens is 2. The van der Waals surface area contributed by atoms with Gasteiger partial charge in [0.05, 0.1) is 50.1 Å². The van der Waals surface area contributed by atoms with Crippen molar-refractivity contribution in [3.05, 3.63) is 60.7 Å². The van der Waals surface area contributed by atoms with Gasteiger partial charge < -0.3 is 39.9 Å². The number of likely N-dealkylation sites (tertiary alicyclic amines) is 2. The van der Waals surface area contributed by atoms with Crippen LogP contribution in [0.2, 0.25) is 0 Å². The molecule has 286 valence electrons. The molecular formula is C38H48N10O6. The lowest BCUT2D eigenvalue weighted by Gasteiger charge is -2.30. The number of aromatic nitrogens is 6. The van der Waals surface area contributed by atoms with Gasteiger partial charge in [0.2, 0.25) is 11.8 Å². The number of benzene rings is 1. The Kier molecular flexibility index (Phi) is 11.6. The summed E-state index contributed by atoms with van der Waals surface area (Å²) in [6.07, 6.45) is 8.86. The van der Waals surface area contributed by atoms with Gasteiger partial charge in [0.25, 0.3) is 0 Å². The van der Waals surface area contributed by atoms with E-state index in [1.807, 2.05) is 52.0 Å². The number of amides is 4. The molecule has 2 saturated heterocycles. The maximum Gasteiger partial charge on any atom is 0.407 e. The van der Waals surface area contributed by atoms with Gasteiger partial charge in [-0.1, -0.05) is 52.0 Å². The van der Waals surface area contributed by atoms with E-state index in [-0.39, 0.29) is 35.7 Å². The molecular weight excluding hydrogens is 692 g/mol. The molecule has 0 spiro atoms. The summed E-state index contributed by atoms with van der Waals surface area (Å²) in [7, 11) is 2.56. The van der Waals surface area contributed by atoms with Crippen LogP contribution in [-0.4, -0.2) is 103 Å². The number of carbonyl (C=O) groups excluding carboxylic acids is 4. The van der Waals surface area contributed by atoms with E-state index >= 15 is 0 Å². The molecule has 2 aliphatic heterocycles. The van der Waals surface area contributed by atoms with Crippen LogP contribution in [0.15, 0.2) is 49.1 Å². The van der Waals surface area contributed by atoms with Crippen molar-refractivity contribution < 1.29 is 28.7 Å². The van der Waals surface area contributed by atoms with Gasteiger partial charge in [-0.15, -0.1) is 0 Å². The Morgan fingerprint density at radius 2 is 1.07 bits per heavy atom. The van der Waals surface area contributed by atoms with E-state index < -0.39 is 24.3 Å². The molecule has 0 saturated carbocycles. The van der Waals surface area contributed by atoms with Crippen molar-refractivity contribution >= 4 is 24.0 Å². The predicted octanol–water partition coefficient (Wildman–Crippen LogP) is 5.01. The first-order valence-electron chi connectivity index (χ1n) is 18.3. The van der Waals surface area contributed by atoms with Crippen LogP contribution in [0.5, 0.6) is 0 Å². The summed E-state index contributed by atoms with van der Waals surface area (Å²) in [5, 5.41) is 5.36. The number of carbonyl (C=O) groups is 4. The van der Waals surface area contributed by atoms with Gasteiger partial charge in [0.1, 0.15) is 23.7 Å². The fourth-order valence-corrected chi connectivity index (χ4v) is 7.11. The number of alkyl carbamates (subject to hydrolysis) is 2. The molecule has 4 atom stereocenters. The Morgan fingerprint density at radius 1 is 0.648 bits per heavy atom. The van der Waals surface area contributed by atoms with Crippen LogP contribution in [0.3, 0.4) is 0 Å². The highest BCUT2D eigenvalue weighted by molar-refractivity contribution is 5.87. The Morgan fingerprint density at radius 3 is 1.50 bits per heavy atom. The molecule has 0 radical (unpaired) electrons. The molecule has 0 bridgehead atoms. The van der Waals surface area contributed by atoms with Crippen LogP contribution < -0.4 is 10.6 Å². The van der Waals surface area contributed by atoms with Crippen molar-refractivity contribution in [2.24, 2.45) is 11.8 Å². The zero-order chi connectivity index (χ0) is 38.5. The monoisotopic (exact) mass is 740 g/mol. The highest BCUT2D eigenvalue weighted by atomic mass is 16.5. The summed E-state index contributed by atoms with van der Waals surface area (Å²) >= 11 is 0. The van der Waals surface area contributed by atoms with Gasteiger partial charge in [-0.05, 0) is 43.1 Å². The first-order chi connectivity index (χ1) is 26.0. The summed E-state index contributed by atoms with van der Waals surface area (Å²) in [5.41, 5.74) is 4.06. The summed E-state index contributed by atoms with van der Waals surface area (Å²) in [6, 6.07) is 5.95. The number of methoxy groups -OCH3 is 2. The maximum atomic E-state index is 13.5. The summed E-state index contributed by atoms with van der Waals surface area (Å²) in [5.74, 6) is 1.37. The number of nitrogens with one attached hydrogen (secondary N) is 4. The predicted molar refractivity (Wildman–Crippen MR) is 198 cm³/mol. The van der Waals surface area contributed by atoms with Crippen LogP contribution in [0.4, 0.5) is 9.59 Å². The molecule has 4 N–H and O–H groups in total. The lowest BCUT2D eigenvalue weighted by molar-refractivity contribution is -0.136. The van der Waals surface area contributed by atoms with Crippen LogP contribution in [-0.2, 0) is 19.1 Å². The van der Waals surface area contributed by atoms with Crippen LogP contribution in [0, 0.1) is 11.8 Å². The minimum atomic E-state index is -0.707. The zero-order valence-electron chi connectivity index (χ0n) is 31.5. The van der Waals surface area contributed by atoms with E-state index in [0.717, 1.165) is 53.8 Å². The van der Waals surface area contributed by atoms with E-state index in [1.165, 1.54) is 14.2 Å². The Balaban J connectivity index is 1.11. The molecule has 16 nitrogen and oxygen atoms in total. The van der Waals surface area contributed by atoms with Crippen molar-refractivity contribution in [1.82, 2.24) is 50.3 Å². The van der Waals surface area contributed by atoms with Crippen LogP contribution in [0.25, 0.3) is 33.9 Å². The van der Waals surface area contributed by atoms with E-state index in [2.05, 4.69) is 40.5 Å². The van der Waals surface area contributed by atoms with Crippen molar-refractivity contribution in [2.45, 2.75) is 77.5 Å². The molecule has 4 amide bonds. The first kappa shape index (κ1) is 37.9. The van der Waals surface area contributed by atoms with Crippen LogP contribution >= 0.6 is 0 Å². The fourth-order valence-electron chi connectivity index (χ4n) is 7.11. The normalized spacial score (nSPS) is 18.1. The summed E-state index contributed by atoms with van der Waals surface area (Å²) in [4.78, 5) is 79.7. The highest BCUT2D eigenvalue weighted by Gasteiger charge is 2.39. The molecule has 0 aliphatic carbocycles. The number of rotatable bonds is 11. The van der Waals surface area contributed by atoms with Gasteiger partial charge in [-0.3, -0.25) is 9.59 Å². The average Bonchev–Trinajstić information content (AvgIpc) is 4.02. The van der Waals surface area contributed by atoms with Gasteiger partial charge in [0, 0.05) is 36.6 Å². The topological polar surface area (TPSA) is 200 Å². The van der Waals surface area contributed by atoms with E-state index in [1.54, 1.807) is 34.6 Å². The number of imidazole rings is 2. The fraction of sp³-hybridized carbons (Fsp3) is 0.474. The van der Waals surface area contributed by atoms with Crippen LogP contribution in [0.1, 0.15) is 77.1 Å². The zero-order valence-corrected chi connectivity index (χ0v) is 31.5. The molecule has 6 rings (SSSR count).